The van der Waals surface area contributed by atoms with Gasteiger partial charge in [-0.2, -0.15) is 0 Å². The molecule has 0 bridgehead atoms. The second-order valence-electron chi connectivity index (χ2n) is 6.20. The first-order valence-electron chi connectivity index (χ1n) is 8.64. The highest BCUT2D eigenvalue weighted by Crippen LogP contribution is 2.20. The Kier molecular flexibility index (Phi) is 5.83. The van der Waals surface area contributed by atoms with E-state index in [-0.39, 0.29) is 23.0 Å². The summed E-state index contributed by atoms with van der Waals surface area (Å²) in [6.07, 6.45) is 0. The molecule has 1 amide bonds. The van der Waals surface area contributed by atoms with Crippen LogP contribution in [0.4, 0.5) is 15.8 Å². The minimum atomic E-state index is -0.728. The summed E-state index contributed by atoms with van der Waals surface area (Å²) in [5, 5.41) is 10.6. The number of rotatable bonds is 5. The average molecular weight is 387 g/mol. The molecule has 0 radical (unpaired) electrons. The number of halogens is 1. The molecule has 0 atom stereocenters. The first kappa shape index (κ1) is 19.3. The summed E-state index contributed by atoms with van der Waals surface area (Å²) >= 11 is 0. The van der Waals surface area contributed by atoms with Gasteiger partial charge in [-0.1, -0.05) is 12.1 Å². The van der Waals surface area contributed by atoms with Gasteiger partial charge in [0.05, 0.1) is 16.2 Å². The van der Waals surface area contributed by atoms with Gasteiger partial charge in [0.25, 0.3) is 11.6 Å². The fourth-order valence-corrected chi connectivity index (χ4v) is 2.93. The van der Waals surface area contributed by atoms with E-state index < -0.39 is 17.5 Å². The Balaban J connectivity index is 1.48. The van der Waals surface area contributed by atoms with Gasteiger partial charge in [0.2, 0.25) is 0 Å². The minimum Gasteiger partial charge on any atom is -0.452 e. The van der Waals surface area contributed by atoms with Gasteiger partial charge in [0, 0.05) is 38.3 Å². The van der Waals surface area contributed by atoms with Crippen LogP contribution in [-0.4, -0.2) is 54.5 Å². The van der Waals surface area contributed by atoms with E-state index >= 15 is 0 Å². The number of benzene rings is 2. The molecule has 3 rings (SSSR count). The lowest BCUT2D eigenvalue weighted by Crippen LogP contribution is -2.50. The van der Waals surface area contributed by atoms with Crippen molar-refractivity contribution in [3.63, 3.8) is 0 Å². The number of amides is 1. The molecule has 28 heavy (non-hydrogen) atoms. The summed E-state index contributed by atoms with van der Waals surface area (Å²) in [6, 6.07) is 11.4. The van der Waals surface area contributed by atoms with Crippen LogP contribution < -0.4 is 4.90 Å². The molecule has 1 heterocycles. The number of carbonyl (C=O) groups excluding carboxylic acids is 2. The highest BCUT2D eigenvalue weighted by molar-refractivity contribution is 5.91. The maximum absolute atomic E-state index is 13.9. The number of non-ortho nitro benzene ring substituents is 1. The summed E-state index contributed by atoms with van der Waals surface area (Å²) in [6.45, 7) is 1.31. The standard InChI is InChI=1S/C19H18FN3O5/c20-16-3-1-2-4-17(16)21-9-11-22(12-10-21)18(24)13-28-19(25)14-5-7-15(8-6-14)23(26)27/h1-8H,9-13H2. The van der Waals surface area contributed by atoms with Crippen molar-refractivity contribution in [2.75, 3.05) is 37.7 Å². The molecule has 0 spiro atoms. The molecule has 146 valence electrons. The Morgan fingerprint density at radius 2 is 1.68 bits per heavy atom. The molecule has 2 aromatic rings. The third-order valence-corrected chi connectivity index (χ3v) is 4.47. The molecule has 1 aliphatic rings. The van der Waals surface area contributed by atoms with Crippen molar-refractivity contribution in [3.8, 4) is 0 Å². The van der Waals surface area contributed by atoms with Gasteiger partial charge in [0.15, 0.2) is 6.61 Å². The van der Waals surface area contributed by atoms with Crippen molar-refractivity contribution in [3.05, 3.63) is 70.0 Å². The van der Waals surface area contributed by atoms with Gasteiger partial charge in [-0.25, -0.2) is 9.18 Å². The molecular formula is C19H18FN3O5. The molecular weight excluding hydrogens is 369 g/mol. The monoisotopic (exact) mass is 387 g/mol. The molecule has 9 heteroatoms. The number of esters is 1. The minimum absolute atomic E-state index is 0.128. The molecule has 0 saturated carbocycles. The lowest BCUT2D eigenvalue weighted by atomic mass is 10.2. The highest BCUT2D eigenvalue weighted by atomic mass is 19.1. The molecule has 2 aromatic carbocycles. The molecule has 0 aromatic heterocycles. The van der Waals surface area contributed by atoms with Crippen LogP contribution in [0.3, 0.4) is 0 Å². The maximum atomic E-state index is 13.9. The Morgan fingerprint density at radius 1 is 1.04 bits per heavy atom. The lowest BCUT2D eigenvalue weighted by molar-refractivity contribution is -0.384. The Bertz CT molecular complexity index is 879. The summed E-state index contributed by atoms with van der Waals surface area (Å²) in [4.78, 5) is 37.7. The van der Waals surface area contributed by atoms with E-state index in [1.165, 1.54) is 30.3 Å². The van der Waals surface area contributed by atoms with E-state index in [1.807, 2.05) is 4.90 Å². The molecule has 1 fully saturated rings. The average Bonchev–Trinajstić information content (AvgIpc) is 2.72. The third kappa shape index (κ3) is 4.43. The number of ether oxygens (including phenoxy) is 1. The maximum Gasteiger partial charge on any atom is 0.338 e. The Labute approximate surface area is 160 Å². The predicted molar refractivity (Wildman–Crippen MR) is 98.6 cm³/mol. The molecule has 1 saturated heterocycles. The first-order valence-corrected chi connectivity index (χ1v) is 8.64. The largest absolute Gasteiger partial charge is 0.452 e. The van der Waals surface area contributed by atoms with Gasteiger partial charge in [0.1, 0.15) is 5.82 Å². The van der Waals surface area contributed by atoms with Crippen LogP contribution in [-0.2, 0) is 9.53 Å². The van der Waals surface area contributed by atoms with Gasteiger partial charge < -0.3 is 14.5 Å². The highest BCUT2D eigenvalue weighted by Gasteiger charge is 2.23. The van der Waals surface area contributed by atoms with Crippen LogP contribution in [0.25, 0.3) is 0 Å². The van der Waals surface area contributed by atoms with Gasteiger partial charge in [-0.3, -0.25) is 14.9 Å². The van der Waals surface area contributed by atoms with Crippen molar-refractivity contribution >= 4 is 23.3 Å². The molecule has 0 N–H and O–H groups in total. The van der Waals surface area contributed by atoms with Crippen molar-refractivity contribution in [2.24, 2.45) is 0 Å². The summed E-state index contributed by atoms with van der Waals surface area (Å²) in [5.41, 5.74) is 0.488. The topological polar surface area (TPSA) is 93.0 Å². The number of nitro groups is 1. The van der Waals surface area contributed by atoms with E-state index in [9.17, 15) is 24.1 Å². The summed E-state index contributed by atoms with van der Waals surface area (Å²) in [7, 11) is 0. The molecule has 0 aliphatic carbocycles. The smallest absolute Gasteiger partial charge is 0.338 e. The number of hydrogen-bond acceptors (Lipinski definition) is 6. The number of hydrogen-bond donors (Lipinski definition) is 0. The summed E-state index contributed by atoms with van der Waals surface area (Å²) in [5.74, 6) is -1.38. The second-order valence-corrected chi connectivity index (χ2v) is 6.20. The molecule has 1 aliphatic heterocycles. The number of para-hydroxylation sites is 1. The molecule has 0 unspecified atom stereocenters. The van der Waals surface area contributed by atoms with Gasteiger partial charge in [-0.15, -0.1) is 0 Å². The van der Waals surface area contributed by atoms with Crippen molar-refractivity contribution in [1.82, 2.24) is 4.90 Å². The second kappa shape index (κ2) is 8.47. The van der Waals surface area contributed by atoms with Crippen molar-refractivity contribution in [2.45, 2.75) is 0 Å². The van der Waals surface area contributed by atoms with Gasteiger partial charge in [-0.05, 0) is 24.3 Å². The normalized spacial score (nSPS) is 13.9. The summed E-state index contributed by atoms with van der Waals surface area (Å²) < 4.78 is 18.9. The van der Waals surface area contributed by atoms with E-state index in [0.717, 1.165) is 0 Å². The number of nitro benzene ring substituents is 1. The van der Waals surface area contributed by atoms with Crippen LogP contribution >= 0.6 is 0 Å². The zero-order valence-corrected chi connectivity index (χ0v) is 14.9. The van der Waals surface area contributed by atoms with E-state index in [1.54, 1.807) is 23.1 Å². The van der Waals surface area contributed by atoms with Crippen LogP contribution in [0.15, 0.2) is 48.5 Å². The van der Waals surface area contributed by atoms with E-state index in [4.69, 9.17) is 4.74 Å². The number of carbonyl (C=O) groups is 2. The van der Waals surface area contributed by atoms with Crippen molar-refractivity contribution < 1.29 is 23.6 Å². The van der Waals surface area contributed by atoms with E-state index in [0.29, 0.717) is 31.9 Å². The third-order valence-electron chi connectivity index (χ3n) is 4.47. The number of piperazine rings is 1. The lowest BCUT2D eigenvalue weighted by Gasteiger charge is -2.36. The van der Waals surface area contributed by atoms with Crippen LogP contribution in [0.1, 0.15) is 10.4 Å². The Hall–Kier alpha value is -3.49. The van der Waals surface area contributed by atoms with Crippen LogP contribution in [0.5, 0.6) is 0 Å². The van der Waals surface area contributed by atoms with Gasteiger partial charge >= 0.3 is 5.97 Å². The zero-order chi connectivity index (χ0) is 20.1. The first-order chi connectivity index (χ1) is 13.5. The SMILES string of the molecule is O=C(OCC(=O)N1CCN(c2ccccc2F)CC1)c1ccc([N+](=O)[O-])cc1. The van der Waals surface area contributed by atoms with Crippen LogP contribution in [0, 0.1) is 15.9 Å². The van der Waals surface area contributed by atoms with Crippen molar-refractivity contribution in [1.29, 1.82) is 0 Å². The Morgan fingerprint density at radius 3 is 2.29 bits per heavy atom. The number of nitrogens with zero attached hydrogens (tertiary/aromatic N) is 3. The zero-order valence-electron chi connectivity index (χ0n) is 14.9. The predicted octanol–water partition coefficient (Wildman–Crippen LogP) is 2.24. The fraction of sp³-hybridized carbons (Fsp3) is 0.263. The molecule has 8 nitrogen and oxygen atoms in total. The number of anilines is 1. The fourth-order valence-electron chi connectivity index (χ4n) is 2.93. The van der Waals surface area contributed by atoms with Crippen LogP contribution in [0.2, 0.25) is 0 Å². The quantitative estimate of drug-likeness (QED) is 0.444. The van der Waals surface area contributed by atoms with E-state index in [2.05, 4.69) is 0 Å².